The molecule has 0 amide bonds. The molecule has 1 unspecified atom stereocenters. The number of benzene rings is 1. The first-order valence-corrected chi connectivity index (χ1v) is 4.89. The van der Waals surface area contributed by atoms with Crippen LogP contribution >= 0.6 is 0 Å². The highest BCUT2D eigenvalue weighted by Crippen LogP contribution is 2.21. The first kappa shape index (κ1) is 11.7. The lowest BCUT2D eigenvalue weighted by Crippen LogP contribution is -2.26. The number of carbonyl (C=O) groups is 1. The normalized spacial score (nSPS) is 14.3. The monoisotopic (exact) mass is 208 g/mol. The molecule has 15 heavy (non-hydrogen) atoms. The summed E-state index contributed by atoms with van der Waals surface area (Å²) in [5.74, 6) is 0.791. The lowest BCUT2D eigenvalue weighted by atomic mass is 9.98. The smallest absolute Gasteiger partial charge is 0.151 e. The summed E-state index contributed by atoms with van der Waals surface area (Å²) in [4.78, 5) is 10.5. The Balaban J connectivity index is 2.68. The molecular weight excluding hydrogens is 192 g/mol. The zero-order chi connectivity index (χ0) is 11.3. The van der Waals surface area contributed by atoms with Crippen LogP contribution in [0.4, 0.5) is 0 Å². The molecule has 1 aromatic rings. The van der Waals surface area contributed by atoms with Crippen molar-refractivity contribution in [3.63, 3.8) is 0 Å². The summed E-state index contributed by atoms with van der Waals surface area (Å²) >= 11 is 0. The molecule has 0 aliphatic heterocycles. The number of aldehydes is 1. The van der Waals surface area contributed by atoms with E-state index in [0.717, 1.165) is 11.3 Å². The number of methoxy groups -OCH3 is 1. The molecule has 1 N–H and O–H groups in total. The summed E-state index contributed by atoms with van der Waals surface area (Å²) < 4.78 is 5.17. The molecule has 0 saturated carbocycles. The minimum atomic E-state index is -1.25. The third-order valence-electron chi connectivity index (χ3n) is 2.35. The van der Waals surface area contributed by atoms with E-state index in [-0.39, 0.29) is 0 Å². The van der Waals surface area contributed by atoms with Crippen molar-refractivity contribution >= 4 is 6.29 Å². The molecule has 0 heterocycles. The van der Waals surface area contributed by atoms with Crippen LogP contribution in [0.15, 0.2) is 24.3 Å². The molecular formula is C12H16O3. The van der Waals surface area contributed by atoms with E-state index < -0.39 is 5.60 Å². The van der Waals surface area contributed by atoms with Crippen molar-refractivity contribution in [2.45, 2.75) is 25.4 Å². The lowest BCUT2D eigenvalue weighted by molar-refractivity contribution is -0.122. The summed E-state index contributed by atoms with van der Waals surface area (Å²) in [5.41, 5.74) is -0.247. The number of ether oxygens (including phenoxy) is 1. The standard InChI is InChI=1S/C12H16O3/c1-12(14,9-13)8-7-10-5-3-4-6-11(10)15-2/h3-6,9,14H,7-8H2,1-2H3. The van der Waals surface area contributed by atoms with Crippen molar-refractivity contribution in [1.29, 1.82) is 0 Å². The van der Waals surface area contributed by atoms with Gasteiger partial charge in [-0.05, 0) is 31.4 Å². The van der Waals surface area contributed by atoms with E-state index in [1.165, 1.54) is 6.92 Å². The van der Waals surface area contributed by atoms with Crippen LogP contribution in [-0.2, 0) is 11.2 Å². The Morgan fingerprint density at radius 2 is 2.13 bits per heavy atom. The second kappa shape index (κ2) is 4.94. The van der Waals surface area contributed by atoms with Gasteiger partial charge < -0.3 is 14.6 Å². The molecule has 0 saturated heterocycles. The molecule has 1 rings (SSSR count). The van der Waals surface area contributed by atoms with Gasteiger partial charge in [0.25, 0.3) is 0 Å². The predicted molar refractivity (Wildman–Crippen MR) is 58.0 cm³/mol. The maximum atomic E-state index is 10.5. The third kappa shape index (κ3) is 3.36. The Morgan fingerprint density at radius 1 is 1.47 bits per heavy atom. The van der Waals surface area contributed by atoms with Gasteiger partial charge in [-0.2, -0.15) is 0 Å². The number of carbonyl (C=O) groups excluding carboxylic acids is 1. The highest BCUT2D eigenvalue weighted by molar-refractivity contribution is 5.61. The highest BCUT2D eigenvalue weighted by Gasteiger charge is 2.19. The van der Waals surface area contributed by atoms with Crippen LogP contribution < -0.4 is 4.74 Å². The lowest BCUT2D eigenvalue weighted by Gasteiger charge is -2.16. The van der Waals surface area contributed by atoms with Crippen LogP contribution in [0.2, 0.25) is 0 Å². The van der Waals surface area contributed by atoms with Crippen LogP contribution in [0.25, 0.3) is 0 Å². The van der Waals surface area contributed by atoms with Crippen LogP contribution in [0.5, 0.6) is 5.75 Å². The van der Waals surface area contributed by atoms with Gasteiger partial charge in [0.2, 0.25) is 0 Å². The summed E-state index contributed by atoms with van der Waals surface area (Å²) in [6.45, 7) is 1.51. The quantitative estimate of drug-likeness (QED) is 0.747. The summed E-state index contributed by atoms with van der Waals surface area (Å²) in [6, 6.07) is 7.60. The summed E-state index contributed by atoms with van der Waals surface area (Å²) in [7, 11) is 1.61. The van der Waals surface area contributed by atoms with Crippen molar-refractivity contribution < 1.29 is 14.6 Å². The van der Waals surface area contributed by atoms with Crippen molar-refractivity contribution in [3.8, 4) is 5.75 Å². The van der Waals surface area contributed by atoms with Gasteiger partial charge in [0.1, 0.15) is 11.4 Å². The molecule has 3 nitrogen and oxygen atoms in total. The van der Waals surface area contributed by atoms with Crippen molar-refractivity contribution in [1.82, 2.24) is 0 Å². The molecule has 3 heteroatoms. The van der Waals surface area contributed by atoms with Gasteiger partial charge in [-0.15, -0.1) is 0 Å². The average molecular weight is 208 g/mol. The number of para-hydroxylation sites is 1. The topological polar surface area (TPSA) is 46.5 Å². The van der Waals surface area contributed by atoms with E-state index >= 15 is 0 Å². The van der Waals surface area contributed by atoms with Crippen LogP contribution in [0.3, 0.4) is 0 Å². The molecule has 0 aliphatic rings. The Hall–Kier alpha value is -1.35. The molecule has 0 aliphatic carbocycles. The fraction of sp³-hybridized carbons (Fsp3) is 0.417. The maximum Gasteiger partial charge on any atom is 0.151 e. The van der Waals surface area contributed by atoms with Gasteiger partial charge in [0.15, 0.2) is 6.29 Å². The van der Waals surface area contributed by atoms with Gasteiger partial charge >= 0.3 is 0 Å². The zero-order valence-electron chi connectivity index (χ0n) is 9.06. The van der Waals surface area contributed by atoms with E-state index in [1.807, 2.05) is 24.3 Å². The van der Waals surface area contributed by atoms with Crippen molar-refractivity contribution in [3.05, 3.63) is 29.8 Å². The number of aliphatic hydroxyl groups is 1. The van der Waals surface area contributed by atoms with Gasteiger partial charge in [-0.3, -0.25) is 0 Å². The fourth-order valence-electron chi connectivity index (χ4n) is 1.36. The van der Waals surface area contributed by atoms with E-state index in [4.69, 9.17) is 4.74 Å². The second-order valence-electron chi connectivity index (χ2n) is 3.79. The van der Waals surface area contributed by atoms with E-state index in [9.17, 15) is 9.90 Å². The van der Waals surface area contributed by atoms with Gasteiger partial charge in [-0.1, -0.05) is 18.2 Å². The fourth-order valence-corrected chi connectivity index (χ4v) is 1.36. The minimum Gasteiger partial charge on any atom is -0.496 e. The molecule has 0 spiro atoms. The molecule has 0 aromatic heterocycles. The van der Waals surface area contributed by atoms with E-state index in [0.29, 0.717) is 19.1 Å². The number of hydrogen-bond donors (Lipinski definition) is 1. The maximum absolute atomic E-state index is 10.5. The summed E-state index contributed by atoms with van der Waals surface area (Å²) in [5, 5.41) is 9.54. The Bertz CT molecular complexity index is 331. The third-order valence-corrected chi connectivity index (χ3v) is 2.35. The summed E-state index contributed by atoms with van der Waals surface area (Å²) in [6.07, 6.45) is 1.59. The van der Waals surface area contributed by atoms with Gasteiger partial charge in [-0.25, -0.2) is 0 Å². The van der Waals surface area contributed by atoms with Crippen LogP contribution in [-0.4, -0.2) is 24.1 Å². The minimum absolute atomic E-state index is 0.400. The zero-order valence-corrected chi connectivity index (χ0v) is 9.06. The van der Waals surface area contributed by atoms with Crippen LogP contribution in [0, 0.1) is 0 Å². The Kier molecular flexibility index (Phi) is 3.86. The SMILES string of the molecule is COc1ccccc1CCC(C)(O)C=O. The first-order chi connectivity index (χ1) is 7.09. The molecule has 0 fully saturated rings. The number of hydrogen-bond acceptors (Lipinski definition) is 3. The van der Waals surface area contributed by atoms with Gasteiger partial charge in [0.05, 0.1) is 7.11 Å². The molecule has 0 bridgehead atoms. The molecule has 82 valence electrons. The van der Waals surface area contributed by atoms with E-state index in [1.54, 1.807) is 7.11 Å². The first-order valence-electron chi connectivity index (χ1n) is 4.89. The Morgan fingerprint density at radius 3 is 2.73 bits per heavy atom. The Labute approximate surface area is 89.7 Å². The van der Waals surface area contributed by atoms with Crippen molar-refractivity contribution in [2.75, 3.05) is 7.11 Å². The number of aryl methyl sites for hydroxylation is 1. The molecule has 0 radical (unpaired) electrons. The van der Waals surface area contributed by atoms with E-state index in [2.05, 4.69) is 0 Å². The van der Waals surface area contributed by atoms with Crippen molar-refractivity contribution in [2.24, 2.45) is 0 Å². The average Bonchev–Trinajstić information content (AvgIpc) is 2.27. The number of rotatable bonds is 5. The molecule has 1 aromatic carbocycles. The second-order valence-corrected chi connectivity index (χ2v) is 3.79. The van der Waals surface area contributed by atoms with Crippen LogP contribution in [0.1, 0.15) is 18.9 Å². The predicted octanol–water partition coefficient (Wildman–Crippen LogP) is 1.58. The van der Waals surface area contributed by atoms with Gasteiger partial charge in [0, 0.05) is 0 Å². The molecule has 1 atom stereocenters. The largest absolute Gasteiger partial charge is 0.496 e. The highest BCUT2D eigenvalue weighted by atomic mass is 16.5.